The lowest BCUT2D eigenvalue weighted by Gasteiger charge is -2.25. The van der Waals surface area contributed by atoms with Gasteiger partial charge in [-0.3, -0.25) is 4.99 Å². The predicted molar refractivity (Wildman–Crippen MR) is 85.9 cm³/mol. The molecule has 2 nitrogen and oxygen atoms in total. The smallest absolute Gasteiger partial charge is 0.157 e. The van der Waals surface area contributed by atoms with Crippen molar-refractivity contribution in [3.05, 3.63) is 34.6 Å². The second-order valence-corrected chi connectivity index (χ2v) is 6.53. The van der Waals surface area contributed by atoms with E-state index in [1.165, 1.54) is 0 Å². The molecule has 0 amide bonds. The maximum Gasteiger partial charge on any atom is 0.157 e. The van der Waals surface area contributed by atoms with Gasteiger partial charge in [0, 0.05) is 11.3 Å². The molecule has 0 atom stereocenters. The fourth-order valence-corrected chi connectivity index (χ4v) is 3.85. The molecule has 1 N–H and O–H groups in total. The average Bonchev–Trinajstić information content (AvgIpc) is 2.86. The summed E-state index contributed by atoms with van der Waals surface area (Å²) in [5.74, 6) is 0.978. The first kappa shape index (κ1) is 15.4. The molecule has 0 radical (unpaired) electrons. The highest BCUT2D eigenvalue weighted by Gasteiger charge is 2.33. The average molecular weight is 294 g/mol. The quantitative estimate of drug-likeness (QED) is 0.900. The first-order chi connectivity index (χ1) is 9.49. The van der Waals surface area contributed by atoms with Crippen LogP contribution >= 0.6 is 11.8 Å². The van der Waals surface area contributed by atoms with Crippen LogP contribution in [0.4, 0.5) is 4.39 Å². The minimum Gasteiger partial charge on any atom is -0.359 e. The molecular weight excluding hydrogens is 271 g/mol. The van der Waals surface area contributed by atoms with Crippen LogP contribution in [-0.2, 0) is 6.54 Å². The minimum absolute atomic E-state index is 0.106. The highest BCUT2D eigenvalue weighted by molar-refractivity contribution is 8.14. The number of aliphatic imine (C=N–C) groups is 1. The van der Waals surface area contributed by atoms with Crippen molar-refractivity contribution < 1.29 is 4.39 Å². The van der Waals surface area contributed by atoms with Gasteiger partial charge in [0.1, 0.15) is 5.82 Å². The Hall–Kier alpha value is -1.03. The zero-order valence-corrected chi connectivity index (χ0v) is 13.5. The number of nitrogens with zero attached hydrogens (tertiary/aromatic N) is 1. The normalized spacial score (nSPS) is 19.4. The van der Waals surface area contributed by atoms with Gasteiger partial charge in [0.15, 0.2) is 5.17 Å². The number of hydrogen-bond acceptors (Lipinski definition) is 2. The summed E-state index contributed by atoms with van der Waals surface area (Å²) in [6, 6.07) is 3.78. The Morgan fingerprint density at radius 2 is 1.85 bits per heavy atom. The van der Waals surface area contributed by atoms with Crippen LogP contribution in [-0.4, -0.2) is 16.5 Å². The number of thioether (sulfide) groups is 1. The molecule has 0 bridgehead atoms. The predicted octanol–water partition coefficient (Wildman–Crippen LogP) is 4.19. The molecule has 4 heteroatoms. The van der Waals surface area contributed by atoms with E-state index in [2.05, 4.69) is 24.2 Å². The molecule has 1 fully saturated rings. The molecule has 20 heavy (non-hydrogen) atoms. The number of aryl methyl sites for hydroxylation is 2. The lowest BCUT2D eigenvalue weighted by Crippen LogP contribution is -2.42. The van der Waals surface area contributed by atoms with Gasteiger partial charge < -0.3 is 5.32 Å². The van der Waals surface area contributed by atoms with Gasteiger partial charge in [0.25, 0.3) is 0 Å². The lowest BCUT2D eigenvalue weighted by atomic mass is 9.96. The van der Waals surface area contributed by atoms with E-state index >= 15 is 0 Å². The summed E-state index contributed by atoms with van der Waals surface area (Å²) in [5.41, 5.74) is 2.67. The molecule has 2 rings (SSSR count). The third-order valence-electron chi connectivity index (χ3n) is 4.11. The zero-order chi connectivity index (χ0) is 14.8. The van der Waals surface area contributed by atoms with Crippen LogP contribution in [0, 0.1) is 19.7 Å². The first-order valence-corrected chi connectivity index (χ1v) is 8.19. The molecule has 1 saturated heterocycles. The Kier molecular flexibility index (Phi) is 4.74. The summed E-state index contributed by atoms with van der Waals surface area (Å²) < 4.78 is 13.6. The topological polar surface area (TPSA) is 24.4 Å². The van der Waals surface area contributed by atoms with Gasteiger partial charge >= 0.3 is 0 Å². The van der Waals surface area contributed by atoms with Gasteiger partial charge in [-0.15, -0.1) is 0 Å². The minimum atomic E-state index is -0.106. The van der Waals surface area contributed by atoms with Crippen molar-refractivity contribution in [1.29, 1.82) is 0 Å². The van der Waals surface area contributed by atoms with E-state index in [1.807, 2.05) is 12.1 Å². The van der Waals surface area contributed by atoms with Crippen LogP contribution in [0.5, 0.6) is 0 Å². The Morgan fingerprint density at radius 1 is 1.25 bits per heavy atom. The Bertz CT molecular complexity index is 498. The van der Waals surface area contributed by atoms with Crippen molar-refractivity contribution in [2.24, 2.45) is 4.99 Å². The van der Waals surface area contributed by atoms with Gasteiger partial charge in [-0.05, 0) is 43.4 Å². The molecule has 0 aromatic heterocycles. The van der Waals surface area contributed by atoms with Gasteiger partial charge in [-0.2, -0.15) is 0 Å². The number of hydrogen-bond donors (Lipinski definition) is 1. The largest absolute Gasteiger partial charge is 0.359 e. The van der Waals surface area contributed by atoms with Crippen LogP contribution in [0.25, 0.3) is 0 Å². The summed E-state index contributed by atoms with van der Waals surface area (Å²) >= 11 is 1.79. The molecule has 0 saturated carbocycles. The van der Waals surface area contributed by atoms with Crippen molar-refractivity contribution in [2.45, 2.75) is 52.6 Å². The van der Waals surface area contributed by atoms with E-state index in [0.717, 1.165) is 29.3 Å². The van der Waals surface area contributed by atoms with Crippen molar-refractivity contribution >= 4 is 16.9 Å². The van der Waals surface area contributed by atoms with Gasteiger partial charge in [0.2, 0.25) is 0 Å². The van der Waals surface area contributed by atoms with Crippen LogP contribution < -0.4 is 5.32 Å². The van der Waals surface area contributed by atoms with Crippen LogP contribution in [0.15, 0.2) is 17.1 Å². The van der Waals surface area contributed by atoms with Crippen molar-refractivity contribution in [2.75, 3.05) is 5.75 Å². The Balaban J connectivity index is 2.08. The lowest BCUT2D eigenvalue weighted by molar-refractivity contribution is 0.407. The molecule has 110 valence electrons. The molecule has 0 spiro atoms. The van der Waals surface area contributed by atoms with E-state index in [9.17, 15) is 4.39 Å². The second-order valence-electron chi connectivity index (χ2n) is 5.57. The summed E-state index contributed by atoms with van der Waals surface area (Å²) in [4.78, 5) is 4.64. The molecule has 1 aliphatic rings. The number of benzene rings is 1. The highest BCUT2D eigenvalue weighted by Crippen LogP contribution is 2.29. The molecule has 0 aliphatic carbocycles. The van der Waals surface area contributed by atoms with Crippen molar-refractivity contribution in [1.82, 2.24) is 5.32 Å². The van der Waals surface area contributed by atoms with Crippen molar-refractivity contribution in [3.8, 4) is 0 Å². The molecule has 1 heterocycles. The molecule has 1 aromatic rings. The SMILES string of the molecule is CCC1(CC)CSC(=NCc2cc(C)c(F)c(C)c2)N1. The van der Waals surface area contributed by atoms with E-state index in [1.54, 1.807) is 25.6 Å². The standard InChI is InChI=1S/C16H23FN2S/c1-5-16(6-2)10-20-15(19-16)18-9-13-7-11(3)14(17)12(4)8-13/h7-8H,5-6,9-10H2,1-4H3,(H,18,19). The van der Waals surface area contributed by atoms with Crippen LogP contribution in [0.1, 0.15) is 43.4 Å². The first-order valence-electron chi connectivity index (χ1n) is 7.20. The summed E-state index contributed by atoms with van der Waals surface area (Å²) in [7, 11) is 0. The Labute approximate surface area is 125 Å². The Morgan fingerprint density at radius 3 is 2.35 bits per heavy atom. The fourth-order valence-electron chi connectivity index (χ4n) is 2.51. The summed E-state index contributed by atoms with van der Waals surface area (Å²) in [5, 5.41) is 4.58. The number of halogens is 1. The molecular formula is C16H23FN2S. The van der Waals surface area contributed by atoms with Crippen LogP contribution in [0.3, 0.4) is 0 Å². The van der Waals surface area contributed by atoms with Crippen LogP contribution in [0.2, 0.25) is 0 Å². The number of rotatable bonds is 4. The van der Waals surface area contributed by atoms with E-state index in [-0.39, 0.29) is 11.4 Å². The third kappa shape index (κ3) is 3.17. The highest BCUT2D eigenvalue weighted by atomic mass is 32.2. The van der Waals surface area contributed by atoms with E-state index in [0.29, 0.717) is 17.7 Å². The number of nitrogens with one attached hydrogen (secondary N) is 1. The van der Waals surface area contributed by atoms with Gasteiger partial charge in [-0.25, -0.2) is 4.39 Å². The molecule has 0 unspecified atom stereocenters. The second kappa shape index (κ2) is 6.17. The summed E-state index contributed by atoms with van der Waals surface area (Å²) in [6.07, 6.45) is 2.23. The van der Waals surface area contributed by atoms with Crippen molar-refractivity contribution in [3.63, 3.8) is 0 Å². The van der Waals surface area contributed by atoms with Gasteiger partial charge in [-0.1, -0.05) is 37.7 Å². The number of amidine groups is 1. The third-order valence-corrected chi connectivity index (χ3v) is 5.31. The fraction of sp³-hybridized carbons (Fsp3) is 0.562. The maximum absolute atomic E-state index is 13.6. The zero-order valence-electron chi connectivity index (χ0n) is 12.7. The maximum atomic E-state index is 13.6. The molecule has 1 aromatic carbocycles. The van der Waals surface area contributed by atoms with E-state index < -0.39 is 0 Å². The van der Waals surface area contributed by atoms with E-state index in [4.69, 9.17) is 0 Å². The monoisotopic (exact) mass is 294 g/mol. The van der Waals surface area contributed by atoms with Gasteiger partial charge in [0.05, 0.1) is 6.54 Å². The molecule has 1 aliphatic heterocycles. The summed E-state index contributed by atoms with van der Waals surface area (Å²) in [6.45, 7) is 8.65.